The minimum atomic E-state index is -0.274. The maximum Gasteiger partial charge on any atom is 0.235 e. The molecule has 0 radical (unpaired) electrons. The maximum absolute atomic E-state index is 11.1. The first-order valence-corrected chi connectivity index (χ1v) is 5.43. The smallest absolute Gasteiger partial charge is 0.235 e. The zero-order chi connectivity index (χ0) is 11.4. The number of hydrogen-bond acceptors (Lipinski definition) is 4. The van der Waals surface area contributed by atoms with Gasteiger partial charge in [0.2, 0.25) is 5.91 Å². The van der Waals surface area contributed by atoms with Gasteiger partial charge in [0.15, 0.2) is 0 Å². The summed E-state index contributed by atoms with van der Waals surface area (Å²) in [5.74, 6) is -0.274. The van der Waals surface area contributed by atoms with E-state index >= 15 is 0 Å². The van der Waals surface area contributed by atoms with Crippen molar-refractivity contribution in [2.75, 3.05) is 40.3 Å². The summed E-state index contributed by atoms with van der Waals surface area (Å²) in [6, 6.07) is 0.310. The number of likely N-dealkylation sites (N-methyl/N-ethyl adjacent to an activating group) is 2. The molecule has 15 heavy (non-hydrogen) atoms. The molecule has 1 aliphatic heterocycles. The minimum Gasteiger partial charge on any atom is -0.368 e. The lowest BCUT2D eigenvalue weighted by molar-refractivity contribution is -0.120. The predicted octanol–water partition coefficient (Wildman–Crippen LogP) is -1.30. The fourth-order valence-corrected chi connectivity index (χ4v) is 1.87. The number of nitrogens with one attached hydrogen (secondary N) is 1. The van der Waals surface area contributed by atoms with Crippen LogP contribution in [0.5, 0.6) is 0 Å². The number of carbonyl (C=O) groups excluding carboxylic acids is 1. The van der Waals surface area contributed by atoms with E-state index in [0.29, 0.717) is 12.6 Å². The van der Waals surface area contributed by atoms with Gasteiger partial charge in [-0.3, -0.25) is 9.69 Å². The second kappa shape index (κ2) is 5.44. The molecule has 1 heterocycles. The van der Waals surface area contributed by atoms with Crippen molar-refractivity contribution in [3.05, 3.63) is 0 Å². The van der Waals surface area contributed by atoms with E-state index in [0.717, 1.165) is 19.6 Å². The summed E-state index contributed by atoms with van der Waals surface area (Å²) in [5, 5.41) is 2.95. The Balaban J connectivity index is 2.42. The number of hydrogen-bond donors (Lipinski definition) is 2. The fraction of sp³-hybridized carbons (Fsp3) is 0.900. The van der Waals surface area contributed by atoms with Crippen molar-refractivity contribution in [1.82, 2.24) is 15.1 Å². The van der Waals surface area contributed by atoms with Crippen LogP contribution in [0.3, 0.4) is 0 Å². The van der Waals surface area contributed by atoms with Gasteiger partial charge in [-0.25, -0.2) is 0 Å². The first-order chi connectivity index (χ1) is 7.04. The SMILES string of the molecule is CNC(CN1CCN(C)C(C)C1)C(N)=O. The molecule has 1 saturated heterocycles. The van der Waals surface area contributed by atoms with Crippen LogP contribution in [0.25, 0.3) is 0 Å². The van der Waals surface area contributed by atoms with E-state index in [2.05, 4.69) is 29.1 Å². The van der Waals surface area contributed by atoms with Gasteiger partial charge in [-0.2, -0.15) is 0 Å². The Bertz CT molecular complexity index is 221. The average molecular weight is 214 g/mol. The second-order valence-corrected chi connectivity index (χ2v) is 4.33. The van der Waals surface area contributed by atoms with Gasteiger partial charge in [0.05, 0.1) is 6.04 Å². The number of amides is 1. The van der Waals surface area contributed by atoms with Crippen molar-refractivity contribution in [3.63, 3.8) is 0 Å². The van der Waals surface area contributed by atoms with Crippen LogP contribution in [0.15, 0.2) is 0 Å². The van der Waals surface area contributed by atoms with Gasteiger partial charge in [-0.15, -0.1) is 0 Å². The lowest BCUT2D eigenvalue weighted by atomic mass is 10.1. The monoisotopic (exact) mass is 214 g/mol. The number of nitrogens with zero attached hydrogens (tertiary/aromatic N) is 2. The first-order valence-electron chi connectivity index (χ1n) is 5.43. The third-order valence-corrected chi connectivity index (χ3v) is 3.18. The highest BCUT2D eigenvalue weighted by atomic mass is 16.1. The van der Waals surface area contributed by atoms with E-state index in [4.69, 9.17) is 5.73 Å². The molecule has 2 atom stereocenters. The molecule has 0 spiro atoms. The van der Waals surface area contributed by atoms with Crippen LogP contribution in [0.1, 0.15) is 6.92 Å². The van der Waals surface area contributed by atoms with Gasteiger partial charge in [0.1, 0.15) is 0 Å². The maximum atomic E-state index is 11.1. The Morgan fingerprint density at radius 2 is 2.27 bits per heavy atom. The Morgan fingerprint density at radius 3 is 2.73 bits per heavy atom. The normalized spacial score (nSPS) is 26.5. The minimum absolute atomic E-state index is 0.236. The van der Waals surface area contributed by atoms with Gasteiger partial charge in [-0.05, 0) is 21.0 Å². The highest BCUT2D eigenvalue weighted by molar-refractivity contribution is 5.80. The van der Waals surface area contributed by atoms with Gasteiger partial charge in [0.25, 0.3) is 0 Å². The summed E-state index contributed by atoms with van der Waals surface area (Å²) in [6.45, 7) is 5.97. The molecule has 1 aliphatic rings. The molecule has 1 amide bonds. The molecule has 5 nitrogen and oxygen atoms in total. The fourth-order valence-electron chi connectivity index (χ4n) is 1.87. The molecule has 3 N–H and O–H groups in total. The van der Waals surface area contributed by atoms with Crippen LogP contribution in [-0.2, 0) is 4.79 Å². The van der Waals surface area contributed by atoms with Gasteiger partial charge in [0, 0.05) is 32.2 Å². The van der Waals surface area contributed by atoms with Crippen molar-refractivity contribution in [3.8, 4) is 0 Å². The molecule has 88 valence electrons. The van der Waals surface area contributed by atoms with Crippen molar-refractivity contribution >= 4 is 5.91 Å². The lowest BCUT2D eigenvalue weighted by Crippen LogP contribution is -2.55. The Morgan fingerprint density at radius 1 is 1.60 bits per heavy atom. The van der Waals surface area contributed by atoms with Gasteiger partial charge < -0.3 is 16.0 Å². The van der Waals surface area contributed by atoms with E-state index in [-0.39, 0.29) is 11.9 Å². The molecule has 0 aliphatic carbocycles. The van der Waals surface area contributed by atoms with Gasteiger partial charge in [-0.1, -0.05) is 0 Å². The van der Waals surface area contributed by atoms with Gasteiger partial charge >= 0.3 is 0 Å². The molecule has 0 bridgehead atoms. The Labute approximate surface area is 91.6 Å². The largest absolute Gasteiger partial charge is 0.368 e. The first kappa shape index (κ1) is 12.4. The molecule has 0 saturated carbocycles. The highest BCUT2D eigenvalue weighted by Gasteiger charge is 2.24. The third-order valence-electron chi connectivity index (χ3n) is 3.18. The average Bonchev–Trinajstić information content (AvgIpc) is 2.19. The second-order valence-electron chi connectivity index (χ2n) is 4.33. The Hall–Kier alpha value is -0.650. The van der Waals surface area contributed by atoms with Crippen LogP contribution in [-0.4, -0.2) is 68.1 Å². The summed E-state index contributed by atoms with van der Waals surface area (Å²) in [5.41, 5.74) is 5.29. The summed E-state index contributed by atoms with van der Waals surface area (Å²) in [4.78, 5) is 15.7. The summed E-state index contributed by atoms with van der Waals surface area (Å²) >= 11 is 0. The third kappa shape index (κ3) is 3.44. The molecule has 2 unspecified atom stereocenters. The lowest BCUT2D eigenvalue weighted by Gasteiger charge is -2.38. The zero-order valence-electron chi connectivity index (χ0n) is 9.86. The van der Waals surface area contributed by atoms with Crippen LogP contribution >= 0.6 is 0 Å². The van der Waals surface area contributed by atoms with E-state index in [1.807, 2.05) is 0 Å². The molecule has 0 aromatic carbocycles. The van der Waals surface area contributed by atoms with Crippen LogP contribution in [0.2, 0.25) is 0 Å². The van der Waals surface area contributed by atoms with Crippen molar-refractivity contribution < 1.29 is 4.79 Å². The van der Waals surface area contributed by atoms with Crippen molar-refractivity contribution in [1.29, 1.82) is 0 Å². The van der Waals surface area contributed by atoms with Crippen LogP contribution < -0.4 is 11.1 Å². The molecule has 5 heteroatoms. The molecule has 1 fully saturated rings. The zero-order valence-corrected chi connectivity index (χ0v) is 9.86. The van der Waals surface area contributed by atoms with Crippen molar-refractivity contribution in [2.24, 2.45) is 5.73 Å². The molecule has 0 aromatic heterocycles. The molecular weight excluding hydrogens is 192 g/mol. The predicted molar refractivity (Wildman–Crippen MR) is 60.6 cm³/mol. The number of piperazine rings is 1. The summed E-state index contributed by atoms with van der Waals surface area (Å²) in [7, 11) is 3.90. The van der Waals surface area contributed by atoms with E-state index in [9.17, 15) is 4.79 Å². The number of rotatable bonds is 4. The molecule has 0 aromatic rings. The molecule has 1 rings (SSSR count). The highest BCUT2D eigenvalue weighted by Crippen LogP contribution is 2.07. The number of primary amides is 1. The van der Waals surface area contributed by atoms with Crippen LogP contribution in [0.4, 0.5) is 0 Å². The number of carbonyl (C=O) groups is 1. The van der Waals surface area contributed by atoms with E-state index < -0.39 is 0 Å². The van der Waals surface area contributed by atoms with E-state index in [1.54, 1.807) is 7.05 Å². The Kier molecular flexibility index (Phi) is 4.50. The number of nitrogens with two attached hydrogens (primary N) is 1. The van der Waals surface area contributed by atoms with Crippen LogP contribution in [0, 0.1) is 0 Å². The molecular formula is C10H22N4O. The van der Waals surface area contributed by atoms with E-state index in [1.165, 1.54) is 0 Å². The van der Waals surface area contributed by atoms with Crippen molar-refractivity contribution in [2.45, 2.75) is 19.0 Å². The standard InChI is InChI=1S/C10H22N4O/c1-8-6-14(5-4-13(8)3)7-9(12-2)10(11)15/h8-9,12H,4-7H2,1-3H3,(H2,11,15). The quantitative estimate of drug-likeness (QED) is 0.610. The summed E-state index contributed by atoms with van der Waals surface area (Å²) < 4.78 is 0. The topological polar surface area (TPSA) is 61.6 Å². The summed E-state index contributed by atoms with van der Waals surface area (Å²) in [6.07, 6.45) is 0.